The third kappa shape index (κ3) is 3.94. The summed E-state index contributed by atoms with van der Waals surface area (Å²) < 4.78 is 10.7. The molecule has 1 N–H and O–H groups in total. The minimum absolute atomic E-state index is 0.0279. The van der Waals surface area contributed by atoms with Crippen LogP contribution in [0.5, 0.6) is 0 Å². The van der Waals surface area contributed by atoms with E-state index >= 15 is 0 Å². The van der Waals surface area contributed by atoms with Gasteiger partial charge in [-0.15, -0.1) is 0 Å². The van der Waals surface area contributed by atoms with Gasteiger partial charge in [0.1, 0.15) is 6.17 Å². The quantitative estimate of drug-likeness (QED) is 0.765. The van der Waals surface area contributed by atoms with Crippen LogP contribution in [-0.4, -0.2) is 61.4 Å². The lowest BCUT2D eigenvalue weighted by Gasteiger charge is -2.32. The molecule has 1 aromatic carbocycles. The maximum absolute atomic E-state index is 12.2. The minimum Gasteiger partial charge on any atom is -0.462 e. The Morgan fingerprint density at radius 2 is 2.04 bits per heavy atom. The van der Waals surface area contributed by atoms with Crippen LogP contribution in [0.25, 0.3) is 5.70 Å². The van der Waals surface area contributed by atoms with Crippen molar-refractivity contribution < 1.29 is 14.3 Å². The first-order valence-electron chi connectivity index (χ1n) is 9.57. The molecule has 1 saturated heterocycles. The third-order valence-corrected chi connectivity index (χ3v) is 5.30. The second-order valence-electron chi connectivity index (χ2n) is 6.88. The van der Waals surface area contributed by atoms with Crippen molar-refractivity contribution in [3.63, 3.8) is 0 Å². The number of ether oxygens (including phenoxy) is 2. The topological polar surface area (TPSA) is 54.0 Å². The van der Waals surface area contributed by atoms with Gasteiger partial charge >= 0.3 is 5.97 Å². The van der Waals surface area contributed by atoms with Crippen molar-refractivity contribution in [2.75, 3.05) is 39.5 Å². The number of nitrogens with zero attached hydrogens (tertiary/aromatic N) is 2. The van der Waals surface area contributed by atoms with Gasteiger partial charge in [0.25, 0.3) is 0 Å². The Morgan fingerprint density at radius 3 is 2.75 bits per heavy atom. The monoisotopic (exact) mass is 401 g/mol. The Bertz CT molecular complexity index is 826. The zero-order valence-corrected chi connectivity index (χ0v) is 16.6. The number of halogens is 1. The summed E-state index contributed by atoms with van der Waals surface area (Å²) >= 11 is 6.07. The number of rotatable bonds is 5. The molecular weight excluding hydrogens is 378 g/mol. The van der Waals surface area contributed by atoms with Gasteiger partial charge in [0, 0.05) is 30.9 Å². The Balaban J connectivity index is 1.68. The number of nitrogens with one attached hydrogen (secondary N) is 1. The maximum atomic E-state index is 12.2. The number of hydrogen-bond acceptors (Lipinski definition) is 6. The summed E-state index contributed by atoms with van der Waals surface area (Å²) in [5.41, 5.74) is 3.80. The molecule has 3 heterocycles. The van der Waals surface area contributed by atoms with Gasteiger partial charge in [0.15, 0.2) is 0 Å². The number of carbonyl (C=O) groups excluding carboxylic acids is 1. The highest BCUT2D eigenvalue weighted by Crippen LogP contribution is 2.32. The minimum atomic E-state index is -0.303. The molecule has 3 aliphatic rings. The Kier molecular flexibility index (Phi) is 5.71. The number of fused-ring (bicyclic) bond motifs is 1. The van der Waals surface area contributed by atoms with Gasteiger partial charge in [-0.05, 0) is 36.8 Å². The zero-order valence-electron chi connectivity index (χ0n) is 15.9. The standard InChI is InChI=1S/C21H24ClN3O3/c1-2-28-21(26)16-5-8-19-23-20(15-3-6-17(22)7-4-15)18(25(19)13-16)14-24-9-11-27-12-10-24/h3-8,13,19,23H,2,9-12,14H2,1H3. The van der Waals surface area contributed by atoms with Gasteiger partial charge in [0.05, 0.1) is 36.8 Å². The molecular formula is C21H24ClN3O3. The van der Waals surface area contributed by atoms with E-state index in [2.05, 4.69) is 15.1 Å². The van der Waals surface area contributed by atoms with E-state index in [1.54, 1.807) is 0 Å². The van der Waals surface area contributed by atoms with Crippen molar-refractivity contribution in [3.05, 3.63) is 64.5 Å². The molecule has 4 rings (SSSR count). The lowest BCUT2D eigenvalue weighted by Crippen LogP contribution is -2.41. The van der Waals surface area contributed by atoms with Crippen molar-refractivity contribution in [2.24, 2.45) is 0 Å². The zero-order chi connectivity index (χ0) is 19.5. The molecule has 7 heteroatoms. The van der Waals surface area contributed by atoms with Gasteiger partial charge in [-0.25, -0.2) is 4.79 Å². The van der Waals surface area contributed by atoms with Crippen molar-refractivity contribution in [1.29, 1.82) is 0 Å². The summed E-state index contributed by atoms with van der Waals surface area (Å²) in [4.78, 5) is 16.7. The Hall–Kier alpha value is -2.28. The summed E-state index contributed by atoms with van der Waals surface area (Å²) in [5.74, 6) is -0.303. The summed E-state index contributed by atoms with van der Waals surface area (Å²) in [5, 5.41) is 4.29. The summed E-state index contributed by atoms with van der Waals surface area (Å²) in [6.45, 7) is 6.20. The predicted octanol–water partition coefficient (Wildman–Crippen LogP) is 2.59. The van der Waals surface area contributed by atoms with Crippen LogP contribution in [0.2, 0.25) is 5.02 Å². The largest absolute Gasteiger partial charge is 0.462 e. The van der Waals surface area contributed by atoms with Crippen LogP contribution in [0.3, 0.4) is 0 Å². The van der Waals surface area contributed by atoms with E-state index in [1.165, 1.54) is 0 Å². The van der Waals surface area contributed by atoms with Gasteiger partial charge in [-0.2, -0.15) is 0 Å². The fourth-order valence-electron chi connectivity index (χ4n) is 3.62. The van der Waals surface area contributed by atoms with E-state index in [0.717, 1.165) is 49.8 Å². The van der Waals surface area contributed by atoms with Crippen molar-refractivity contribution >= 4 is 23.3 Å². The van der Waals surface area contributed by atoms with E-state index in [9.17, 15) is 4.79 Å². The number of benzene rings is 1. The first-order chi connectivity index (χ1) is 13.7. The van der Waals surface area contributed by atoms with Gasteiger partial charge < -0.3 is 19.7 Å². The molecule has 1 atom stereocenters. The van der Waals surface area contributed by atoms with Crippen molar-refractivity contribution in [3.8, 4) is 0 Å². The second-order valence-corrected chi connectivity index (χ2v) is 7.31. The third-order valence-electron chi connectivity index (χ3n) is 5.05. The average molecular weight is 402 g/mol. The molecule has 1 unspecified atom stereocenters. The molecule has 0 amide bonds. The lowest BCUT2D eigenvalue weighted by atomic mass is 10.1. The first kappa shape index (κ1) is 19.1. The van der Waals surface area contributed by atoms with Crippen LogP contribution in [-0.2, 0) is 14.3 Å². The highest BCUT2D eigenvalue weighted by Gasteiger charge is 2.33. The summed E-state index contributed by atoms with van der Waals surface area (Å²) in [6, 6.07) is 7.82. The lowest BCUT2D eigenvalue weighted by molar-refractivity contribution is -0.138. The normalized spacial score (nSPS) is 22.0. The van der Waals surface area contributed by atoms with Crippen LogP contribution >= 0.6 is 11.6 Å². The first-order valence-corrected chi connectivity index (χ1v) is 9.94. The van der Waals surface area contributed by atoms with E-state index in [1.807, 2.05) is 49.5 Å². The molecule has 6 nitrogen and oxygen atoms in total. The van der Waals surface area contributed by atoms with Gasteiger partial charge in [-0.1, -0.05) is 23.7 Å². The smallest absolute Gasteiger partial charge is 0.339 e. The molecule has 148 valence electrons. The molecule has 1 fully saturated rings. The van der Waals surface area contributed by atoms with Crippen LogP contribution in [0.4, 0.5) is 0 Å². The number of esters is 1. The fraction of sp³-hybridized carbons (Fsp3) is 0.381. The Morgan fingerprint density at radius 1 is 1.29 bits per heavy atom. The van der Waals surface area contributed by atoms with Crippen molar-refractivity contribution in [2.45, 2.75) is 13.1 Å². The SMILES string of the molecule is CCOC(=O)C1=CN2C(CN3CCOCC3)=C(c3ccc(Cl)cc3)NC2C=C1. The van der Waals surface area contributed by atoms with E-state index in [4.69, 9.17) is 21.1 Å². The summed E-state index contributed by atoms with van der Waals surface area (Å²) in [6.07, 6.45) is 5.67. The molecule has 0 bridgehead atoms. The highest BCUT2D eigenvalue weighted by molar-refractivity contribution is 6.30. The maximum Gasteiger partial charge on any atom is 0.339 e. The highest BCUT2D eigenvalue weighted by atomic mass is 35.5. The fourth-order valence-corrected chi connectivity index (χ4v) is 3.74. The molecule has 3 aliphatic heterocycles. The van der Waals surface area contributed by atoms with Gasteiger partial charge in [-0.3, -0.25) is 4.90 Å². The van der Waals surface area contributed by atoms with E-state index in [0.29, 0.717) is 17.2 Å². The molecule has 28 heavy (non-hydrogen) atoms. The van der Waals surface area contributed by atoms with E-state index in [-0.39, 0.29) is 12.1 Å². The van der Waals surface area contributed by atoms with Crippen LogP contribution in [0.15, 0.2) is 53.9 Å². The summed E-state index contributed by atoms with van der Waals surface area (Å²) in [7, 11) is 0. The second kappa shape index (κ2) is 8.39. The number of hydrogen-bond donors (Lipinski definition) is 1. The molecule has 1 aromatic rings. The molecule has 0 aromatic heterocycles. The van der Waals surface area contributed by atoms with E-state index < -0.39 is 0 Å². The molecule has 0 aliphatic carbocycles. The average Bonchev–Trinajstić information content (AvgIpc) is 3.07. The predicted molar refractivity (Wildman–Crippen MR) is 108 cm³/mol. The molecule has 0 saturated carbocycles. The van der Waals surface area contributed by atoms with Crippen LogP contribution in [0.1, 0.15) is 12.5 Å². The van der Waals surface area contributed by atoms with Crippen molar-refractivity contribution in [1.82, 2.24) is 15.1 Å². The Labute approximate surface area is 170 Å². The van der Waals surface area contributed by atoms with Crippen LogP contribution < -0.4 is 5.32 Å². The molecule has 0 spiro atoms. The number of morpholine rings is 1. The number of carbonyl (C=O) groups is 1. The van der Waals surface area contributed by atoms with Gasteiger partial charge in [0.2, 0.25) is 0 Å². The molecule has 0 radical (unpaired) electrons. The van der Waals surface area contributed by atoms with Crippen LogP contribution in [0, 0.1) is 0 Å².